The molecule has 2 aromatic carbocycles. The maximum absolute atomic E-state index is 13.0. The van der Waals surface area contributed by atoms with Gasteiger partial charge in [-0.15, -0.1) is 11.8 Å². The lowest BCUT2D eigenvalue weighted by Crippen LogP contribution is -2.29. The van der Waals surface area contributed by atoms with Crippen molar-refractivity contribution in [2.24, 2.45) is 0 Å². The number of halogens is 1. The van der Waals surface area contributed by atoms with E-state index in [0.29, 0.717) is 17.0 Å². The summed E-state index contributed by atoms with van der Waals surface area (Å²) in [5.74, 6) is -1.33. The zero-order chi connectivity index (χ0) is 23.8. The molecule has 172 valence electrons. The van der Waals surface area contributed by atoms with Gasteiger partial charge in [0.25, 0.3) is 5.91 Å². The predicted molar refractivity (Wildman–Crippen MR) is 122 cm³/mol. The van der Waals surface area contributed by atoms with Gasteiger partial charge >= 0.3 is 5.97 Å². The first kappa shape index (κ1) is 24.0. The highest BCUT2D eigenvalue weighted by Gasteiger charge is 2.28. The summed E-state index contributed by atoms with van der Waals surface area (Å²) in [6.45, 7) is 3.27. The Morgan fingerprint density at radius 3 is 2.42 bits per heavy atom. The molecule has 0 fully saturated rings. The molecule has 33 heavy (non-hydrogen) atoms. The molecule has 1 heterocycles. The predicted octanol–water partition coefficient (Wildman–Crippen LogP) is 4.11. The fourth-order valence-electron chi connectivity index (χ4n) is 2.73. The van der Waals surface area contributed by atoms with Gasteiger partial charge in [-0.2, -0.15) is 0 Å². The number of rotatable bonds is 9. The van der Waals surface area contributed by atoms with Crippen molar-refractivity contribution in [2.75, 3.05) is 16.4 Å². The van der Waals surface area contributed by atoms with Crippen LogP contribution in [0.25, 0.3) is 0 Å². The van der Waals surface area contributed by atoms with Gasteiger partial charge < -0.3 is 19.9 Å². The van der Waals surface area contributed by atoms with E-state index in [1.807, 2.05) is 0 Å². The average molecular weight is 472 g/mol. The molecule has 2 amide bonds. The molecule has 1 aromatic heterocycles. The summed E-state index contributed by atoms with van der Waals surface area (Å²) < 4.78 is 23.4. The number of hydrogen-bond donors (Lipinski definition) is 2. The molecule has 10 heteroatoms. The molecule has 0 bridgehead atoms. The number of carbonyl (C=O) groups excluding carboxylic acids is 3. The number of amides is 2. The van der Waals surface area contributed by atoms with E-state index in [1.54, 1.807) is 50.2 Å². The Morgan fingerprint density at radius 2 is 1.79 bits per heavy atom. The van der Waals surface area contributed by atoms with E-state index in [2.05, 4.69) is 15.8 Å². The van der Waals surface area contributed by atoms with E-state index in [9.17, 15) is 18.8 Å². The molecule has 0 aliphatic heterocycles. The van der Waals surface area contributed by atoms with Crippen LogP contribution in [0.1, 0.15) is 24.4 Å². The minimum absolute atomic E-state index is 0.0337. The van der Waals surface area contributed by atoms with Crippen molar-refractivity contribution >= 4 is 41.1 Å². The van der Waals surface area contributed by atoms with Gasteiger partial charge in [-0.3, -0.25) is 14.4 Å². The maximum atomic E-state index is 13.0. The smallest absolute Gasteiger partial charge is 0.319 e. The van der Waals surface area contributed by atoms with Gasteiger partial charge in [0.2, 0.25) is 12.0 Å². The van der Waals surface area contributed by atoms with Gasteiger partial charge in [-0.05, 0) is 38.1 Å². The molecule has 0 radical (unpaired) electrons. The highest BCUT2D eigenvalue weighted by molar-refractivity contribution is 8.01. The minimum atomic E-state index is -1.22. The number of nitrogens with one attached hydrogen (secondary N) is 2. The topological polar surface area (TPSA) is 111 Å². The number of aromatic nitrogens is 1. The summed E-state index contributed by atoms with van der Waals surface area (Å²) in [7, 11) is 0. The number of esters is 1. The molecule has 3 rings (SSSR count). The maximum Gasteiger partial charge on any atom is 0.319 e. The summed E-state index contributed by atoms with van der Waals surface area (Å²) >= 11 is 1.05. The lowest BCUT2D eigenvalue weighted by atomic mass is 10.1. The number of nitrogens with zero attached hydrogens (tertiary/aromatic N) is 1. The van der Waals surface area contributed by atoms with Gasteiger partial charge in [-0.1, -0.05) is 35.5 Å². The van der Waals surface area contributed by atoms with Crippen molar-refractivity contribution in [3.63, 3.8) is 0 Å². The van der Waals surface area contributed by atoms with Crippen molar-refractivity contribution in [3.05, 3.63) is 77.8 Å². The zero-order valence-corrected chi connectivity index (χ0v) is 18.7. The molecule has 0 spiro atoms. The van der Waals surface area contributed by atoms with Gasteiger partial charge in [0.05, 0.1) is 5.75 Å². The normalized spacial score (nSPS) is 12.5. The van der Waals surface area contributed by atoms with E-state index in [4.69, 9.17) is 9.26 Å². The van der Waals surface area contributed by atoms with E-state index < -0.39 is 29.0 Å². The Morgan fingerprint density at radius 1 is 1.09 bits per heavy atom. The Balaban J connectivity index is 1.59. The van der Waals surface area contributed by atoms with Crippen molar-refractivity contribution < 1.29 is 28.0 Å². The van der Waals surface area contributed by atoms with Crippen LogP contribution in [0.2, 0.25) is 0 Å². The van der Waals surface area contributed by atoms with Gasteiger partial charge in [0.15, 0.2) is 5.82 Å². The second-order valence-corrected chi connectivity index (χ2v) is 8.38. The molecule has 2 atom stereocenters. The van der Waals surface area contributed by atoms with Crippen LogP contribution in [0.15, 0.2) is 65.2 Å². The fourth-order valence-corrected chi connectivity index (χ4v) is 3.39. The zero-order valence-electron chi connectivity index (χ0n) is 17.9. The molecule has 0 aliphatic rings. The first-order valence-corrected chi connectivity index (χ1v) is 11.0. The Bertz CT molecular complexity index is 1100. The molecule has 0 saturated heterocycles. The monoisotopic (exact) mass is 471 g/mol. The van der Waals surface area contributed by atoms with Crippen LogP contribution in [-0.4, -0.2) is 33.9 Å². The molecule has 8 nitrogen and oxygen atoms in total. The number of benzene rings is 2. The number of ether oxygens (including phenoxy) is 1. The van der Waals surface area contributed by atoms with E-state index in [0.717, 1.165) is 11.8 Å². The van der Waals surface area contributed by atoms with Crippen LogP contribution < -0.4 is 10.6 Å². The number of aryl methyl sites for hydroxylation is 1. The SMILES string of the molecule is Cc1cc(NC(=O)C(OC(=O)C(C)SCC(=O)Nc2ccc(F)cc2)c2ccccc2)no1. The third-order valence-corrected chi connectivity index (χ3v) is 5.50. The number of carbonyl (C=O) groups is 3. The highest BCUT2D eigenvalue weighted by atomic mass is 32.2. The fraction of sp³-hybridized carbons (Fsp3) is 0.217. The third kappa shape index (κ3) is 7.18. The van der Waals surface area contributed by atoms with Crippen molar-refractivity contribution in [1.29, 1.82) is 0 Å². The number of hydrogen-bond acceptors (Lipinski definition) is 7. The van der Waals surface area contributed by atoms with Crippen LogP contribution in [0.4, 0.5) is 15.9 Å². The van der Waals surface area contributed by atoms with Crippen molar-refractivity contribution in [2.45, 2.75) is 25.2 Å². The molecular formula is C23H22FN3O5S. The second-order valence-electron chi connectivity index (χ2n) is 7.05. The van der Waals surface area contributed by atoms with Crippen LogP contribution in [-0.2, 0) is 19.1 Å². The summed E-state index contributed by atoms with van der Waals surface area (Å²) in [6.07, 6.45) is -1.22. The van der Waals surface area contributed by atoms with Crippen molar-refractivity contribution in [3.8, 4) is 0 Å². The first-order chi connectivity index (χ1) is 15.8. The Labute approximate surface area is 193 Å². The van der Waals surface area contributed by atoms with E-state index >= 15 is 0 Å². The third-order valence-electron chi connectivity index (χ3n) is 4.38. The minimum Gasteiger partial charge on any atom is -0.446 e. The highest BCUT2D eigenvalue weighted by Crippen LogP contribution is 2.23. The quantitative estimate of drug-likeness (QED) is 0.452. The lowest BCUT2D eigenvalue weighted by molar-refractivity contribution is -0.153. The molecule has 3 aromatic rings. The second kappa shape index (κ2) is 11.3. The molecule has 0 saturated carbocycles. The van der Waals surface area contributed by atoms with E-state index in [1.165, 1.54) is 24.3 Å². The van der Waals surface area contributed by atoms with E-state index in [-0.39, 0.29) is 17.5 Å². The summed E-state index contributed by atoms with van der Waals surface area (Å²) in [6, 6.07) is 15.4. The molecule has 2 unspecified atom stereocenters. The first-order valence-electron chi connectivity index (χ1n) is 9.98. The van der Waals surface area contributed by atoms with Gasteiger partial charge in [0.1, 0.15) is 16.8 Å². The van der Waals surface area contributed by atoms with Crippen molar-refractivity contribution in [1.82, 2.24) is 5.16 Å². The molecule has 0 aliphatic carbocycles. The average Bonchev–Trinajstić information content (AvgIpc) is 3.22. The summed E-state index contributed by atoms with van der Waals surface area (Å²) in [5.41, 5.74) is 0.927. The molecular weight excluding hydrogens is 449 g/mol. The van der Waals surface area contributed by atoms with Crippen LogP contribution in [0, 0.1) is 12.7 Å². The summed E-state index contributed by atoms with van der Waals surface area (Å²) in [4.78, 5) is 37.6. The Kier molecular flexibility index (Phi) is 8.20. The van der Waals surface area contributed by atoms with Crippen LogP contribution in [0.3, 0.4) is 0 Å². The lowest BCUT2D eigenvalue weighted by Gasteiger charge is -2.19. The summed E-state index contributed by atoms with van der Waals surface area (Å²) in [5, 5.41) is 8.18. The molecule has 2 N–H and O–H groups in total. The van der Waals surface area contributed by atoms with Gasteiger partial charge in [0, 0.05) is 17.3 Å². The van der Waals surface area contributed by atoms with Crippen LogP contribution in [0.5, 0.6) is 0 Å². The van der Waals surface area contributed by atoms with Gasteiger partial charge in [-0.25, -0.2) is 4.39 Å². The standard InChI is InChI=1S/C23H22FN3O5S/c1-14-12-19(27-32-14)26-22(29)21(16-6-4-3-5-7-16)31-23(30)15(2)33-13-20(28)25-18-10-8-17(24)9-11-18/h3-12,15,21H,13H2,1-2H3,(H,25,28)(H,26,27,29). The Hall–Kier alpha value is -3.66. The van der Waals surface area contributed by atoms with Crippen LogP contribution >= 0.6 is 11.8 Å². The largest absolute Gasteiger partial charge is 0.446 e. The number of anilines is 2. The number of thioether (sulfide) groups is 1.